The second kappa shape index (κ2) is 8.44. The van der Waals surface area contributed by atoms with Gasteiger partial charge in [0.05, 0.1) is 0 Å². The molecule has 158 valence electrons. The molecular formula is C25H23ClN2O3. The maximum Gasteiger partial charge on any atom is 0.262 e. The second-order valence-electron chi connectivity index (χ2n) is 7.67. The fraction of sp³-hybridized carbons (Fsp3) is 0.200. The minimum absolute atomic E-state index is 0.104. The minimum Gasteiger partial charge on any atom is -0.483 e. The average Bonchev–Trinajstić information content (AvgIpc) is 3.13. The number of hydrogen-bond acceptors (Lipinski definition) is 4. The molecule has 31 heavy (non-hydrogen) atoms. The molecule has 0 unspecified atom stereocenters. The van der Waals surface area contributed by atoms with E-state index in [9.17, 15) is 4.79 Å². The van der Waals surface area contributed by atoms with Crippen LogP contribution >= 0.6 is 11.6 Å². The lowest BCUT2D eigenvalue weighted by molar-refractivity contribution is -0.118. The van der Waals surface area contributed by atoms with Crippen LogP contribution < -0.4 is 10.1 Å². The first-order valence-electron chi connectivity index (χ1n) is 9.98. The fourth-order valence-corrected chi connectivity index (χ4v) is 3.83. The standard InChI is InChI=1S/C25H23ClN2O3/c1-14-10-16(3)24-21(11-14)28-25(31-24)19-6-5-7-20(17(19)4)27-23(29)13-30-22-9-8-18(26)12-15(22)2/h5-12H,13H2,1-4H3,(H,27,29). The molecule has 5 nitrogen and oxygen atoms in total. The lowest BCUT2D eigenvalue weighted by atomic mass is 10.1. The predicted molar refractivity (Wildman–Crippen MR) is 124 cm³/mol. The van der Waals surface area contributed by atoms with Gasteiger partial charge in [0.15, 0.2) is 12.2 Å². The van der Waals surface area contributed by atoms with E-state index in [1.165, 1.54) is 0 Å². The van der Waals surface area contributed by atoms with Gasteiger partial charge in [0.25, 0.3) is 5.91 Å². The van der Waals surface area contributed by atoms with Crippen molar-refractivity contribution in [3.05, 3.63) is 75.8 Å². The van der Waals surface area contributed by atoms with Crippen LogP contribution in [-0.4, -0.2) is 17.5 Å². The third-order valence-electron chi connectivity index (χ3n) is 5.15. The summed E-state index contributed by atoms with van der Waals surface area (Å²) in [7, 11) is 0. The molecule has 0 fully saturated rings. The number of rotatable bonds is 5. The van der Waals surface area contributed by atoms with Gasteiger partial charge >= 0.3 is 0 Å². The molecule has 4 aromatic rings. The molecule has 0 saturated carbocycles. The third kappa shape index (κ3) is 4.42. The Morgan fingerprint density at radius 2 is 1.87 bits per heavy atom. The van der Waals surface area contributed by atoms with Crippen molar-refractivity contribution >= 4 is 34.3 Å². The van der Waals surface area contributed by atoms with E-state index in [-0.39, 0.29) is 12.5 Å². The van der Waals surface area contributed by atoms with Gasteiger partial charge in [0, 0.05) is 16.3 Å². The molecule has 0 spiro atoms. The molecule has 1 aromatic heterocycles. The number of benzene rings is 3. The summed E-state index contributed by atoms with van der Waals surface area (Å²) in [4.78, 5) is 17.1. The topological polar surface area (TPSA) is 64.4 Å². The zero-order valence-electron chi connectivity index (χ0n) is 17.9. The summed E-state index contributed by atoms with van der Waals surface area (Å²) >= 11 is 5.96. The summed E-state index contributed by atoms with van der Waals surface area (Å²) < 4.78 is 11.7. The highest BCUT2D eigenvalue weighted by atomic mass is 35.5. The Morgan fingerprint density at radius 3 is 2.65 bits per heavy atom. The first-order chi connectivity index (χ1) is 14.8. The van der Waals surface area contributed by atoms with Gasteiger partial charge in [-0.1, -0.05) is 23.7 Å². The van der Waals surface area contributed by atoms with Crippen molar-refractivity contribution in [3.8, 4) is 17.2 Å². The van der Waals surface area contributed by atoms with Crippen LogP contribution in [0.25, 0.3) is 22.6 Å². The summed E-state index contributed by atoms with van der Waals surface area (Å²) in [5.41, 5.74) is 7.06. The van der Waals surface area contributed by atoms with Crippen molar-refractivity contribution in [1.29, 1.82) is 0 Å². The number of halogens is 1. The number of nitrogens with one attached hydrogen (secondary N) is 1. The molecule has 4 rings (SSSR count). The predicted octanol–water partition coefficient (Wildman–Crippen LogP) is 6.40. The number of aryl methyl sites for hydroxylation is 3. The average molecular weight is 435 g/mol. The van der Waals surface area contributed by atoms with Crippen molar-refractivity contribution in [2.75, 3.05) is 11.9 Å². The number of oxazole rings is 1. The first kappa shape index (κ1) is 20.9. The van der Waals surface area contributed by atoms with E-state index in [2.05, 4.69) is 16.4 Å². The van der Waals surface area contributed by atoms with Crippen molar-refractivity contribution in [2.24, 2.45) is 0 Å². The van der Waals surface area contributed by atoms with E-state index in [1.54, 1.807) is 18.2 Å². The summed E-state index contributed by atoms with van der Waals surface area (Å²) in [6.45, 7) is 7.76. The molecule has 0 saturated heterocycles. The van der Waals surface area contributed by atoms with E-state index in [1.807, 2.05) is 52.0 Å². The van der Waals surface area contributed by atoms with Gasteiger partial charge in [-0.25, -0.2) is 4.98 Å². The monoisotopic (exact) mass is 434 g/mol. The number of aromatic nitrogens is 1. The summed E-state index contributed by atoms with van der Waals surface area (Å²) in [6.07, 6.45) is 0. The number of carbonyl (C=O) groups excluding carboxylic acids is 1. The molecule has 1 heterocycles. The van der Waals surface area contributed by atoms with Gasteiger partial charge < -0.3 is 14.5 Å². The van der Waals surface area contributed by atoms with Gasteiger partial charge in [-0.05, 0) is 86.3 Å². The quantitative estimate of drug-likeness (QED) is 0.394. The van der Waals surface area contributed by atoms with Crippen LogP contribution in [-0.2, 0) is 4.79 Å². The van der Waals surface area contributed by atoms with Crippen LogP contribution in [0.5, 0.6) is 5.75 Å². The maximum absolute atomic E-state index is 12.5. The number of nitrogens with zero attached hydrogens (tertiary/aromatic N) is 1. The smallest absolute Gasteiger partial charge is 0.262 e. The number of hydrogen-bond donors (Lipinski definition) is 1. The molecule has 0 aliphatic rings. The van der Waals surface area contributed by atoms with Crippen molar-refractivity contribution in [2.45, 2.75) is 27.7 Å². The number of anilines is 1. The van der Waals surface area contributed by atoms with Crippen LogP contribution in [0, 0.1) is 27.7 Å². The highest BCUT2D eigenvalue weighted by molar-refractivity contribution is 6.30. The van der Waals surface area contributed by atoms with Gasteiger partial charge in [-0.15, -0.1) is 0 Å². The largest absolute Gasteiger partial charge is 0.483 e. The van der Waals surface area contributed by atoms with E-state index in [4.69, 9.17) is 20.8 Å². The van der Waals surface area contributed by atoms with Crippen LogP contribution in [0.4, 0.5) is 5.69 Å². The summed E-state index contributed by atoms with van der Waals surface area (Å²) in [6, 6.07) is 15.0. The Balaban J connectivity index is 1.53. The lowest BCUT2D eigenvalue weighted by Gasteiger charge is -2.12. The summed E-state index contributed by atoms with van der Waals surface area (Å²) in [5.74, 6) is 0.908. The molecule has 0 aliphatic carbocycles. The first-order valence-corrected chi connectivity index (χ1v) is 10.4. The van der Waals surface area contributed by atoms with Gasteiger partial charge in [-0.3, -0.25) is 4.79 Å². The minimum atomic E-state index is -0.251. The lowest BCUT2D eigenvalue weighted by Crippen LogP contribution is -2.21. The van der Waals surface area contributed by atoms with E-state index in [0.29, 0.717) is 22.4 Å². The van der Waals surface area contributed by atoms with E-state index in [0.717, 1.165) is 38.9 Å². The van der Waals surface area contributed by atoms with Crippen LogP contribution in [0.2, 0.25) is 5.02 Å². The highest BCUT2D eigenvalue weighted by Crippen LogP contribution is 2.32. The van der Waals surface area contributed by atoms with Crippen LogP contribution in [0.1, 0.15) is 22.3 Å². The zero-order chi connectivity index (χ0) is 22.1. The number of fused-ring (bicyclic) bond motifs is 1. The number of carbonyl (C=O) groups is 1. The molecule has 6 heteroatoms. The second-order valence-corrected chi connectivity index (χ2v) is 8.11. The Bertz CT molecular complexity index is 1290. The normalized spacial score (nSPS) is 11.0. The molecular weight excluding hydrogens is 412 g/mol. The van der Waals surface area contributed by atoms with Crippen LogP contribution in [0.15, 0.2) is 52.9 Å². The Labute approximate surface area is 186 Å². The van der Waals surface area contributed by atoms with Crippen LogP contribution in [0.3, 0.4) is 0 Å². The van der Waals surface area contributed by atoms with Gasteiger partial charge in [0.2, 0.25) is 5.89 Å². The van der Waals surface area contributed by atoms with E-state index < -0.39 is 0 Å². The highest BCUT2D eigenvalue weighted by Gasteiger charge is 2.15. The summed E-state index contributed by atoms with van der Waals surface area (Å²) in [5, 5.41) is 3.55. The maximum atomic E-state index is 12.5. The Morgan fingerprint density at radius 1 is 1.06 bits per heavy atom. The molecule has 0 radical (unpaired) electrons. The van der Waals surface area contributed by atoms with Crippen molar-refractivity contribution in [3.63, 3.8) is 0 Å². The Kier molecular flexibility index (Phi) is 5.70. The molecule has 1 amide bonds. The SMILES string of the molecule is Cc1cc(C)c2oc(-c3cccc(NC(=O)COc4ccc(Cl)cc4C)c3C)nc2c1. The number of ether oxygens (including phenoxy) is 1. The van der Waals surface area contributed by atoms with Crippen molar-refractivity contribution < 1.29 is 13.9 Å². The number of amides is 1. The third-order valence-corrected chi connectivity index (χ3v) is 5.39. The van der Waals surface area contributed by atoms with Crippen molar-refractivity contribution in [1.82, 2.24) is 4.98 Å². The molecule has 0 aliphatic heterocycles. The zero-order valence-corrected chi connectivity index (χ0v) is 18.6. The Hall–Kier alpha value is -3.31. The molecule has 1 N–H and O–H groups in total. The van der Waals surface area contributed by atoms with E-state index >= 15 is 0 Å². The van der Waals surface area contributed by atoms with Gasteiger partial charge in [-0.2, -0.15) is 0 Å². The molecule has 0 bridgehead atoms. The van der Waals surface area contributed by atoms with Gasteiger partial charge in [0.1, 0.15) is 11.3 Å². The molecule has 0 atom stereocenters. The molecule has 3 aromatic carbocycles. The fourth-order valence-electron chi connectivity index (χ4n) is 3.60.